The van der Waals surface area contributed by atoms with Crippen molar-refractivity contribution >= 4 is 11.1 Å². The summed E-state index contributed by atoms with van der Waals surface area (Å²) in [4.78, 5) is 8.26. The molecular weight excluding hydrogens is 552 g/mol. The summed E-state index contributed by atoms with van der Waals surface area (Å²) in [5.74, 6) is 0. The molecule has 2 aromatic heterocycles. The van der Waals surface area contributed by atoms with E-state index in [0.29, 0.717) is 0 Å². The number of nitriles is 3. The fourth-order valence-corrected chi connectivity index (χ4v) is 3.95. The first-order chi connectivity index (χ1) is 19.2. The Kier molecular flexibility index (Phi) is 7.21. The van der Waals surface area contributed by atoms with Gasteiger partial charge in [0.2, 0.25) is 21.9 Å². The number of oxazole rings is 2. The summed E-state index contributed by atoms with van der Waals surface area (Å²) in [5, 5.41) is 28.1. The van der Waals surface area contributed by atoms with Crippen molar-refractivity contribution in [2.75, 3.05) is 0 Å². The van der Waals surface area contributed by atoms with Gasteiger partial charge >= 0.3 is 12.4 Å². The van der Waals surface area contributed by atoms with Crippen molar-refractivity contribution in [3.8, 4) is 40.7 Å². The second-order valence-electron chi connectivity index (χ2n) is 8.80. The van der Waals surface area contributed by atoms with Crippen molar-refractivity contribution in [2.45, 2.75) is 33.1 Å². The average molecular weight is 567 g/mol. The molecule has 4 rings (SSSR count). The Balaban J connectivity index is 2.30. The Morgan fingerprint density at radius 1 is 0.732 bits per heavy atom. The first kappa shape index (κ1) is 28.7. The van der Waals surface area contributed by atoms with Gasteiger partial charge in [-0.15, -0.1) is 0 Å². The van der Waals surface area contributed by atoms with Crippen LogP contribution in [0, 0.1) is 58.7 Å². The Hall–Kier alpha value is -5.35. The third kappa shape index (κ3) is 5.41. The van der Waals surface area contributed by atoms with Gasteiger partial charge in [-0.3, -0.25) is 0 Å². The molecule has 0 N–H and O–H groups in total. The van der Waals surface area contributed by atoms with Gasteiger partial charge in [0.05, 0.1) is 16.7 Å². The molecule has 0 saturated carbocycles. The zero-order valence-electron chi connectivity index (χ0n) is 21.3. The van der Waals surface area contributed by atoms with Crippen LogP contribution >= 0.6 is 0 Å². The molecular formula is C28H15F6N5O2. The van der Waals surface area contributed by atoms with Crippen molar-refractivity contribution < 1.29 is 35.2 Å². The molecule has 0 aliphatic rings. The predicted molar refractivity (Wildman–Crippen MR) is 130 cm³/mol. The summed E-state index contributed by atoms with van der Waals surface area (Å²) >= 11 is 0. The molecule has 0 fully saturated rings. The summed E-state index contributed by atoms with van der Waals surface area (Å²) in [6, 6.07) is 11.0. The maximum atomic E-state index is 14.1. The smallest absolute Gasteiger partial charge is 0.417 e. The molecule has 0 aliphatic heterocycles. The van der Waals surface area contributed by atoms with Gasteiger partial charge in [-0.25, -0.2) is 9.97 Å². The van der Waals surface area contributed by atoms with Gasteiger partial charge in [0.1, 0.15) is 29.6 Å². The van der Waals surface area contributed by atoms with Crippen molar-refractivity contribution in [1.82, 2.24) is 9.97 Å². The average Bonchev–Trinajstić information content (AvgIpc) is 3.53. The van der Waals surface area contributed by atoms with E-state index in [0.717, 1.165) is 30.3 Å². The lowest BCUT2D eigenvalue weighted by Gasteiger charge is -2.12. The Labute approximate surface area is 226 Å². The molecule has 0 bridgehead atoms. The van der Waals surface area contributed by atoms with Gasteiger partial charge < -0.3 is 8.83 Å². The van der Waals surface area contributed by atoms with Gasteiger partial charge in [-0.05, 0) is 44.5 Å². The van der Waals surface area contributed by atoms with Crippen LogP contribution in [0.5, 0.6) is 0 Å². The summed E-state index contributed by atoms with van der Waals surface area (Å²) in [7, 11) is 0. The van der Waals surface area contributed by atoms with Crippen LogP contribution in [0.3, 0.4) is 0 Å². The maximum absolute atomic E-state index is 14.1. The highest BCUT2D eigenvalue weighted by Gasteiger charge is 2.35. The Morgan fingerprint density at radius 2 is 1.29 bits per heavy atom. The zero-order valence-corrected chi connectivity index (χ0v) is 21.3. The minimum Gasteiger partial charge on any atom is -0.432 e. The van der Waals surface area contributed by atoms with Crippen molar-refractivity contribution in [3.63, 3.8) is 0 Å². The number of nitrogens with zero attached hydrogens (tertiary/aromatic N) is 5. The quantitative estimate of drug-likeness (QED) is 0.279. The number of hydrogen-bond donors (Lipinski definition) is 0. The Morgan fingerprint density at radius 3 is 1.83 bits per heavy atom. The van der Waals surface area contributed by atoms with Gasteiger partial charge in [0.25, 0.3) is 0 Å². The SMILES string of the molecule is C/C(C#N)=c1\nc(-c2ccc(C)cc2C(F)(F)F)/c(=c2\oc(=C(C#N)C#N)nc2-c2ccc(C(F)(F)F)cc2C)o1. The van der Waals surface area contributed by atoms with Crippen LogP contribution < -0.4 is 11.1 Å². The summed E-state index contributed by atoms with van der Waals surface area (Å²) in [5.41, 5.74) is -5.26. The van der Waals surface area contributed by atoms with E-state index in [1.54, 1.807) is 18.2 Å². The topological polar surface area (TPSA) is 123 Å². The van der Waals surface area contributed by atoms with E-state index in [-0.39, 0.29) is 33.5 Å². The van der Waals surface area contributed by atoms with Crippen LogP contribution in [-0.4, -0.2) is 9.97 Å². The van der Waals surface area contributed by atoms with E-state index < -0.39 is 56.7 Å². The molecule has 0 aliphatic carbocycles. The highest BCUT2D eigenvalue weighted by molar-refractivity contribution is 5.72. The van der Waals surface area contributed by atoms with Crippen LogP contribution in [0.25, 0.3) is 33.7 Å². The number of aromatic nitrogens is 2. The second kappa shape index (κ2) is 10.3. The first-order valence-electron chi connectivity index (χ1n) is 11.5. The predicted octanol–water partition coefficient (Wildman–Crippen LogP) is 5.83. The standard InChI is InChI=1S/C28H15F6N5O2/c1-13-4-6-19(20(8-13)28(32,33)34)22-24(40-25(38-22)15(3)10-35)23-21(39-26(41-23)16(11-36)12-37)18-7-5-17(9-14(18)2)27(29,30)31/h4-9H,1-3H3/b24-23+,25-15-. The van der Waals surface area contributed by atoms with Crippen LogP contribution in [0.1, 0.15) is 29.2 Å². The van der Waals surface area contributed by atoms with Gasteiger partial charge in [0, 0.05) is 11.1 Å². The van der Waals surface area contributed by atoms with E-state index in [4.69, 9.17) is 8.83 Å². The monoisotopic (exact) mass is 567 g/mol. The van der Waals surface area contributed by atoms with Crippen LogP contribution in [0.2, 0.25) is 0 Å². The van der Waals surface area contributed by atoms with E-state index in [1.165, 1.54) is 26.8 Å². The number of hydrogen-bond acceptors (Lipinski definition) is 7. The van der Waals surface area contributed by atoms with Crippen molar-refractivity contribution in [1.29, 1.82) is 15.8 Å². The number of aryl methyl sites for hydroxylation is 2. The molecule has 2 aromatic carbocycles. The normalized spacial score (nSPS) is 13.2. The molecule has 7 nitrogen and oxygen atoms in total. The number of halogens is 6. The van der Waals surface area contributed by atoms with Crippen molar-refractivity contribution in [3.05, 3.63) is 80.6 Å². The van der Waals surface area contributed by atoms with Crippen LogP contribution in [-0.2, 0) is 12.4 Å². The summed E-state index contributed by atoms with van der Waals surface area (Å²) in [6.45, 7) is 4.10. The largest absolute Gasteiger partial charge is 0.432 e. The highest BCUT2D eigenvalue weighted by atomic mass is 19.4. The van der Waals surface area contributed by atoms with Crippen LogP contribution in [0.4, 0.5) is 26.3 Å². The fourth-order valence-electron chi connectivity index (χ4n) is 3.95. The molecule has 206 valence electrons. The Bertz CT molecular complexity index is 2030. The molecule has 0 saturated heterocycles. The highest BCUT2D eigenvalue weighted by Crippen LogP contribution is 2.38. The summed E-state index contributed by atoms with van der Waals surface area (Å²) < 4.78 is 93.6. The molecule has 0 spiro atoms. The molecule has 0 amide bonds. The maximum Gasteiger partial charge on any atom is 0.417 e. The van der Waals surface area contributed by atoms with E-state index in [9.17, 15) is 42.1 Å². The summed E-state index contributed by atoms with van der Waals surface area (Å²) in [6.07, 6.45) is -9.51. The number of alkyl halides is 6. The zero-order chi connectivity index (χ0) is 30.3. The lowest BCUT2D eigenvalue weighted by molar-refractivity contribution is -0.138. The van der Waals surface area contributed by atoms with Crippen molar-refractivity contribution in [2.24, 2.45) is 0 Å². The van der Waals surface area contributed by atoms with Crippen LogP contribution in [0.15, 0.2) is 45.2 Å². The minimum atomic E-state index is -4.84. The van der Waals surface area contributed by atoms with E-state index in [2.05, 4.69) is 9.97 Å². The van der Waals surface area contributed by atoms with Gasteiger partial charge in [-0.1, -0.05) is 23.8 Å². The molecule has 41 heavy (non-hydrogen) atoms. The molecule has 2 heterocycles. The lowest BCUT2D eigenvalue weighted by Crippen LogP contribution is -2.09. The van der Waals surface area contributed by atoms with E-state index >= 15 is 0 Å². The number of benzene rings is 2. The van der Waals surface area contributed by atoms with Gasteiger partial charge in [0.15, 0.2) is 5.57 Å². The van der Waals surface area contributed by atoms with E-state index in [1.807, 2.05) is 0 Å². The lowest BCUT2D eigenvalue weighted by atomic mass is 10.00. The number of rotatable bonds is 2. The van der Waals surface area contributed by atoms with Gasteiger partial charge in [-0.2, -0.15) is 42.1 Å². The molecule has 13 heteroatoms. The second-order valence-corrected chi connectivity index (χ2v) is 8.80. The third-order valence-corrected chi connectivity index (χ3v) is 5.93. The molecule has 0 radical (unpaired) electrons. The minimum absolute atomic E-state index is 0.0445. The molecule has 0 unspecified atom stereocenters. The first-order valence-corrected chi connectivity index (χ1v) is 11.5. The molecule has 0 atom stereocenters. The fraction of sp³-hybridized carbons (Fsp3) is 0.179. The third-order valence-electron chi connectivity index (χ3n) is 5.93. The molecule has 4 aromatic rings.